The van der Waals surface area contributed by atoms with E-state index in [1.807, 2.05) is 17.8 Å². The lowest BCUT2D eigenvalue weighted by Crippen LogP contribution is -2.28. The molecule has 0 aliphatic carbocycles. The maximum absolute atomic E-state index is 11.1. The number of hydrogen-bond acceptors (Lipinski definition) is 8. The summed E-state index contributed by atoms with van der Waals surface area (Å²) in [5, 5.41) is 19.8. The summed E-state index contributed by atoms with van der Waals surface area (Å²) in [5.41, 5.74) is 2.40. The van der Waals surface area contributed by atoms with Gasteiger partial charge in [-0.15, -0.1) is 10.2 Å². The van der Waals surface area contributed by atoms with Crippen LogP contribution < -0.4 is 10.6 Å². The maximum Gasteiger partial charge on any atom is 0.251 e. The number of aromatic nitrogens is 5. The van der Waals surface area contributed by atoms with E-state index in [9.17, 15) is 4.79 Å². The third-order valence-corrected chi connectivity index (χ3v) is 4.72. The second-order valence-electron chi connectivity index (χ2n) is 6.69. The molecule has 4 rings (SSSR count). The van der Waals surface area contributed by atoms with Crippen LogP contribution in [-0.2, 0) is 22.6 Å². The molecule has 0 atom stereocenters. The van der Waals surface area contributed by atoms with Crippen LogP contribution in [0.3, 0.4) is 0 Å². The number of amides is 1. The van der Waals surface area contributed by atoms with Gasteiger partial charge in [0.2, 0.25) is 11.8 Å². The Bertz CT molecular complexity index is 975. The third kappa shape index (κ3) is 3.68. The van der Waals surface area contributed by atoms with Crippen molar-refractivity contribution in [3.63, 3.8) is 0 Å². The predicted molar refractivity (Wildman–Crippen MR) is 101 cm³/mol. The van der Waals surface area contributed by atoms with Crippen LogP contribution >= 0.6 is 0 Å². The van der Waals surface area contributed by atoms with E-state index in [4.69, 9.17) is 9.15 Å². The van der Waals surface area contributed by atoms with E-state index in [2.05, 4.69) is 30.9 Å². The van der Waals surface area contributed by atoms with Crippen molar-refractivity contribution in [2.24, 2.45) is 0 Å². The fourth-order valence-corrected chi connectivity index (χ4v) is 3.26. The molecule has 0 radical (unpaired) electrons. The van der Waals surface area contributed by atoms with E-state index in [1.54, 1.807) is 6.20 Å². The summed E-state index contributed by atoms with van der Waals surface area (Å²) in [4.78, 5) is 15.7. The van der Waals surface area contributed by atoms with E-state index in [0.29, 0.717) is 11.8 Å². The molecule has 1 fully saturated rings. The summed E-state index contributed by atoms with van der Waals surface area (Å²) in [5.74, 6) is 0.539. The second kappa shape index (κ2) is 7.93. The summed E-state index contributed by atoms with van der Waals surface area (Å²) in [7, 11) is 0. The van der Waals surface area contributed by atoms with E-state index >= 15 is 0 Å². The number of carbonyl (C=O) groups excluding carboxylic acids is 1. The summed E-state index contributed by atoms with van der Waals surface area (Å²) in [6.45, 7) is 5.85. The minimum Gasteiger partial charge on any atom is -0.419 e. The molecule has 0 spiro atoms. The molecular formula is C18H23N7O3. The lowest BCUT2D eigenvalue weighted by atomic mass is 10.1. The highest BCUT2D eigenvalue weighted by molar-refractivity contribution is 5.96. The molecule has 10 heteroatoms. The summed E-state index contributed by atoms with van der Waals surface area (Å²) in [6.07, 6.45) is 5.38. The van der Waals surface area contributed by atoms with Crippen LogP contribution in [0, 0.1) is 0 Å². The lowest BCUT2D eigenvalue weighted by molar-refractivity contribution is -0.119. The predicted octanol–water partition coefficient (Wildman–Crippen LogP) is 1.73. The van der Waals surface area contributed by atoms with E-state index in [1.165, 1.54) is 6.92 Å². The largest absolute Gasteiger partial charge is 0.419 e. The molecule has 3 aromatic rings. The monoisotopic (exact) mass is 385 g/mol. The van der Waals surface area contributed by atoms with Gasteiger partial charge in [-0.25, -0.2) is 9.67 Å². The molecule has 1 amide bonds. The molecule has 1 aliphatic rings. The standard InChI is InChI=1S/C18H23N7O3/c1-3-25-17-13(9-21-25)16(22-12-4-6-27-7-5-12)14(8-20-17)18-24-23-15(28-18)10-19-11(2)26/h8-9,12H,3-7,10H2,1-2H3,(H,19,26)(H,20,22). The molecule has 1 aliphatic heterocycles. The van der Waals surface area contributed by atoms with Gasteiger partial charge in [0.05, 0.1) is 29.4 Å². The number of pyridine rings is 1. The Hall–Kier alpha value is -3.01. The molecule has 0 saturated carbocycles. The number of hydrogen-bond donors (Lipinski definition) is 2. The zero-order valence-electron chi connectivity index (χ0n) is 15.9. The van der Waals surface area contributed by atoms with Gasteiger partial charge >= 0.3 is 0 Å². The van der Waals surface area contributed by atoms with Crippen LogP contribution in [-0.4, -0.2) is 50.1 Å². The van der Waals surface area contributed by atoms with Gasteiger partial charge in [-0.2, -0.15) is 5.10 Å². The van der Waals surface area contributed by atoms with Gasteiger partial charge in [-0.3, -0.25) is 4.79 Å². The summed E-state index contributed by atoms with van der Waals surface area (Å²) < 4.78 is 13.1. The van der Waals surface area contributed by atoms with Crippen molar-refractivity contribution in [2.75, 3.05) is 18.5 Å². The fourth-order valence-electron chi connectivity index (χ4n) is 3.26. The zero-order chi connectivity index (χ0) is 19.5. The Morgan fingerprint density at radius 2 is 2.11 bits per heavy atom. The van der Waals surface area contributed by atoms with Crippen molar-refractivity contribution in [3.05, 3.63) is 18.3 Å². The highest BCUT2D eigenvalue weighted by Crippen LogP contribution is 2.34. The number of nitrogens with one attached hydrogen (secondary N) is 2. The Balaban J connectivity index is 1.72. The Morgan fingerprint density at radius 3 is 2.86 bits per heavy atom. The third-order valence-electron chi connectivity index (χ3n) is 4.72. The van der Waals surface area contributed by atoms with Crippen molar-refractivity contribution in [3.8, 4) is 11.5 Å². The normalized spacial score (nSPS) is 15.1. The molecule has 148 valence electrons. The van der Waals surface area contributed by atoms with Crippen LogP contribution in [0.2, 0.25) is 0 Å². The van der Waals surface area contributed by atoms with Gasteiger partial charge in [0.15, 0.2) is 5.65 Å². The van der Waals surface area contributed by atoms with Crippen LogP contribution in [0.25, 0.3) is 22.5 Å². The van der Waals surface area contributed by atoms with Crippen molar-refractivity contribution in [1.82, 2.24) is 30.3 Å². The van der Waals surface area contributed by atoms with Crippen LogP contribution in [0.15, 0.2) is 16.8 Å². The second-order valence-corrected chi connectivity index (χ2v) is 6.69. The zero-order valence-corrected chi connectivity index (χ0v) is 15.9. The highest BCUT2D eigenvalue weighted by Gasteiger charge is 2.22. The van der Waals surface area contributed by atoms with E-state index in [0.717, 1.165) is 54.9 Å². The number of aryl methyl sites for hydroxylation is 1. The first kappa shape index (κ1) is 18.4. The van der Waals surface area contributed by atoms with Crippen LogP contribution in [0.4, 0.5) is 5.69 Å². The van der Waals surface area contributed by atoms with Crippen LogP contribution in [0.1, 0.15) is 32.6 Å². The van der Waals surface area contributed by atoms with Gasteiger partial charge in [-0.1, -0.05) is 0 Å². The molecule has 0 bridgehead atoms. The molecule has 0 unspecified atom stereocenters. The molecule has 28 heavy (non-hydrogen) atoms. The molecule has 10 nitrogen and oxygen atoms in total. The van der Waals surface area contributed by atoms with Crippen molar-refractivity contribution in [2.45, 2.75) is 45.8 Å². The van der Waals surface area contributed by atoms with Crippen molar-refractivity contribution in [1.29, 1.82) is 0 Å². The Morgan fingerprint density at radius 1 is 1.29 bits per heavy atom. The van der Waals surface area contributed by atoms with Crippen molar-refractivity contribution >= 4 is 22.6 Å². The van der Waals surface area contributed by atoms with Crippen LogP contribution in [0.5, 0.6) is 0 Å². The Labute approximate surface area is 161 Å². The number of ether oxygens (including phenoxy) is 1. The Kier molecular flexibility index (Phi) is 5.20. The van der Waals surface area contributed by atoms with Gasteiger partial charge in [0.1, 0.15) is 0 Å². The SMILES string of the molecule is CCn1ncc2c(NC3CCOCC3)c(-c3nnc(CNC(C)=O)o3)cnc21. The number of anilines is 1. The quantitative estimate of drug-likeness (QED) is 0.658. The smallest absolute Gasteiger partial charge is 0.251 e. The first-order chi connectivity index (χ1) is 13.7. The topological polar surface area (TPSA) is 120 Å². The van der Waals surface area contributed by atoms with Gasteiger partial charge in [-0.05, 0) is 19.8 Å². The highest BCUT2D eigenvalue weighted by atomic mass is 16.5. The number of fused-ring (bicyclic) bond motifs is 1. The maximum atomic E-state index is 11.1. The summed E-state index contributed by atoms with van der Waals surface area (Å²) in [6, 6.07) is 0.282. The minimum atomic E-state index is -0.156. The lowest BCUT2D eigenvalue weighted by Gasteiger charge is -2.25. The first-order valence-corrected chi connectivity index (χ1v) is 9.41. The number of nitrogens with zero attached hydrogens (tertiary/aromatic N) is 5. The molecule has 4 heterocycles. The van der Waals surface area contributed by atoms with Gasteiger partial charge in [0, 0.05) is 38.9 Å². The molecule has 3 aromatic heterocycles. The number of rotatable bonds is 6. The molecule has 2 N–H and O–H groups in total. The van der Waals surface area contributed by atoms with Gasteiger partial charge in [0.25, 0.3) is 5.89 Å². The number of carbonyl (C=O) groups is 1. The molecule has 0 aromatic carbocycles. The molecular weight excluding hydrogens is 362 g/mol. The fraction of sp³-hybridized carbons (Fsp3) is 0.500. The minimum absolute atomic E-state index is 0.156. The van der Waals surface area contributed by atoms with E-state index < -0.39 is 0 Å². The first-order valence-electron chi connectivity index (χ1n) is 9.41. The van der Waals surface area contributed by atoms with Crippen molar-refractivity contribution < 1.29 is 13.9 Å². The van der Waals surface area contributed by atoms with E-state index in [-0.39, 0.29) is 18.5 Å². The van der Waals surface area contributed by atoms with Gasteiger partial charge < -0.3 is 19.8 Å². The molecule has 1 saturated heterocycles. The average Bonchev–Trinajstić information content (AvgIpc) is 3.34. The summed E-state index contributed by atoms with van der Waals surface area (Å²) >= 11 is 0. The average molecular weight is 385 g/mol.